The molecule has 0 saturated heterocycles. The monoisotopic (exact) mass is 291 g/mol. The zero-order valence-corrected chi connectivity index (χ0v) is 10.9. The lowest BCUT2D eigenvalue weighted by Crippen LogP contribution is -2.39. The van der Waals surface area contributed by atoms with Gasteiger partial charge in [0.15, 0.2) is 5.84 Å². The average Bonchev–Trinajstić information content (AvgIpc) is 2.47. The molecule has 1 aliphatic heterocycles. The molecule has 1 aromatic carbocycles. The Morgan fingerprint density at radius 1 is 1.10 bits per heavy atom. The molecule has 1 heterocycles. The van der Waals surface area contributed by atoms with E-state index in [9.17, 15) is 14.4 Å². The highest BCUT2D eigenvalue weighted by atomic mass is 16.4. The highest BCUT2D eigenvalue weighted by Crippen LogP contribution is 2.15. The maximum Gasteiger partial charge on any atom is 0.335 e. The fourth-order valence-corrected chi connectivity index (χ4v) is 1.82. The molecule has 0 spiro atoms. The van der Waals surface area contributed by atoms with E-state index in [1.165, 1.54) is 12.1 Å². The third-order valence-corrected chi connectivity index (χ3v) is 2.80. The van der Waals surface area contributed by atoms with E-state index in [-0.39, 0.29) is 22.6 Å². The summed E-state index contributed by atoms with van der Waals surface area (Å²) < 4.78 is 0. The third kappa shape index (κ3) is 3.56. The Morgan fingerprint density at radius 3 is 2.19 bits per heavy atom. The molecule has 0 unspecified atom stereocenters. The van der Waals surface area contributed by atoms with Gasteiger partial charge in [-0.15, -0.1) is 0 Å². The number of amides is 1. The van der Waals surface area contributed by atoms with Crippen LogP contribution in [-0.4, -0.2) is 47.0 Å². The van der Waals surface area contributed by atoms with Crippen LogP contribution in [0.4, 0.5) is 5.69 Å². The molecule has 4 N–H and O–H groups in total. The number of nitrogens with zero attached hydrogens (tertiary/aromatic N) is 1. The fourth-order valence-electron chi connectivity index (χ4n) is 1.82. The predicted octanol–water partition coefficient (Wildman–Crippen LogP) is 0.413. The second kappa shape index (κ2) is 6.04. The maximum atomic E-state index is 11.9. The summed E-state index contributed by atoms with van der Waals surface area (Å²) in [5.74, 6) is -2.93. The van der Waals surface area contributed by atoms with Crippen molar-refractivity contribution in [2.45, 2.75) is 6.42 Å². The zero-order chi connectivity index (χ0) is 15.4. The van der Waals surface area contributed by atoms with Crippen molar-refractivity contribution in [3.8, 4) is 0 Å². The molecule has 8 heteroatoms. The van der Waals surface area contributed by atoms with Crippen LogP contribution in [0.2, 0.25) is 0 Å². The minimum Gasteiger partial charge on any atom is -0.478 e. The molecule has 0 aromatic heterocycles. The summed E-state index contributed by atoms with van der Waals surface area (Å²) in [6, 6.07) is 3.41. The van der Waals surface area contributed by atoms with Crippen molar-refractivity contribution in [3.05, 3.63) is 29.3 Å². The van der Waals surface area contributed by atoms with E-state index in [0.717, 1.165) is 12.5 Å². The maximum absolute atomic E-state index is 11.9. The van der Waals surface area contributed by atoms with E-state index in [1.807, 2.05) is 0 Å². The first-order valence-corrected chi connectivity index (χ1v) is 6.19. The van der Waals surface area contributed by atoms with E-state index in [1.54, 1.807) is 0 Å². The zero-order valence-electron chi connectivity index (χ0n) is 10.9. The number of amidine groups is 1. The number of carboxylic acids is 2. The Hall–Kier alpha value is -2.90. The number of aliphatic imine (C=N–C) groups is 1. The quantitative estimate of drug-likeness (QED) is 0.636. The van der Waals surface area contributed by atoms with E-state index < -0.39 is 17.8 Å². The molecule has 0 saturated carbocycles. The number of benzene rings is 1. The largest absolute Gasteiger partial charge is 0.478 e. The molecule has 1 aromatic rings. The number of hydrogen-bond donors (Lipinski definition) is 4. The van der Waals surface area contributed by atoms with Crippen molar-refractivity contribution in [2.24, 2.45) is 4.99 Å². The highest BCUT2D eigenvalue weighted by Gasteiger charge is 2.16. The summed E-state index contributed by atoms with van der Waals surface area (Å²) in [6.07, 6.45) is 0.828. The predicted molar refractivity (Wildman–Crippen MR) is 73.9 cm³/mol. The summed E-state index contributed by atoms with van der Waals surface area (Å²) >= 11 is 0. The van der Waals surface area contributed by atoms with E-state index in [4.69, 9.17) is 10.2 Å². The molecule has 8 nitrogen and oxygen atoms in total. The molecule has 0 atom stereocenters. The smallest absolute Gasteiger partial charge is 0.335 e. The van der Waals surface area contributed by atoms with Gasteiger partial charge >= 0.3 is 11.9 Å². The number of carbonyl (C=O) groups is 3. The van der Waals surface area contributed by atoms with Crippen LogP contribution >= 0.6 is 0 Å². The van der Waals surface area contributed by atoms with Gasteiger partial charge in [0, 0.05) is 18.8 Å². The SMILES string of the molecule is O=C(Nc1cc(C(=O)O)cc(C(=O)O)c1)C1=NCCCN1. The van der Waals surface area contributed by atoms with Gasteiger partial charge < -0.3 is 20.8 Å². The standard InChI is InChI=1S/C13H13N3O5/c17-11(10-14-2-1-3-15-10)16-9-5-7(12(18)19)4-8(6-9)13(20)21/h4-6H,1-3H2,(H,14,15)(H,16,17)(H,18,19)(H,20,21). The third-order valence-electron chi connectivity index (χ3n) is 2.80. The molecule has 110 valence electrons. The van der Waals surface area contributed by atoms with E-state index in [2.05, 4.69) is 15.6 Å². The number of hydrogen-bond acceptors (Lipinski definition) is 5. The molecule has 21 heavy (non-hydrogen) atoms. The number of carboxylic acid groups (broad SMARTS) is 2. The Balaban J connectivity index is 2.26. The van der Waals surface area contributed by atoms with Crippen molar-refractivity contribution in [3.63, 3.8) is 0 Å². The number of nitrogens with one attached hydrogen (secondary N) is 2. The summed E-state index contributed by atoms with van der Waals surface area (Å²) in [4.78, 5) is 37.9. The van der Waals surface area contributed by atoms with Crippen molar-refractivity contribution in [2.75, 3.05) is 18.4 Å². The number of anilines is 1. The lowest BCUT2D eigenvalue weighted by molar-refractivity contribution is -0.110. The van der Waals surface area contributed by atoms with Gasteiger partial charge in [-0.3, -0.25) is 9.79 Å². The molecule has 1 aliphatic rings. The van der Waals surface area contributed by atoms with Crippen LogP contribution in [0.3, 0.4) is 0 Å². The summed E-state index contributed by atoms with van der Waals surface area (Å²) in [6.45, 7) is 1.16. The molecule has 0 fully saturated rings. The molecule has 0 aliphatic carbocycles. The van der Waals surface area contributed by atoms with Crippen molar-refractivity contribution < 1.29 is 24.6 Å². The van der Waals surface area contributed by atoms with Gasteiger partial charge in [0.05, 0.1) is 11.1 Å². The lowest BCUT2D eigenvalue weighted by atomic mass is 10.1. The van der Waals surface area contributed by atoms with Gasteiger partial charge in [-0.2, -0.15) is 0 Å². The van der Waals surface area contributed by atoms with Crippen molar-refractivity contribution in [1.29, 1.82) is 0 Å². The second-order valence-corrected chi connectivity index (χ2v) is 4.37. The first kappa shape index (κ1) is 14.5. The van der Waals surface area contributed by atoms with Crippen LogP contribution in [0.1, 0.15) is 27.1 Å². The number of aromatic carboxylic acids is 2. The second-order valence-electron chi connectivity index (χ2n) is 4.37. The molecule has 0 bridgehead atoms. The minimum atomic E-state index is -1.28. The van der Waals surface area contributed by atoms with Gasteiger partial charge in [0.1, 0.15) is 0 Å². The highest BCUT2D eigenvalue weighted by molar-refractivity contribution is 6.42. The van der Waals surface area contributed by atoms with E-state index >= 15 is 0 Å². The molecule has 0 radical (unpaired) electrons. The number of rotatable bonds is 4. The minimum absolute atomic E-state index is 0.0902. The first-order chi connectivity index (χ1) is 9.97. The van der Waals surface area contributed by atoms with Crippen LogP contribution < -0.4 is 10.6 Å². The van der Waals surface area contributed by atoms with Gasteiger partial charge in [-0.1, -0.05) is 0 Å². The van der Waals surface area contributed by atoms with Crippen LogP contribution in [0.15, 0.2) is 23.2 Å². The topological polar surface area (TPSA) is 128 Å². The Morgan fingerprint density at radius 2 is 1.71 bits per heavy atom. The van der Waals surface area contributed by atoms with Gasteiger partial charge in [0.2, 0.25) is 0 Å². The van der Waals surface area contributed by atoms with Gasteiger partial charge in [-0.05, 0) is 24.6 Å². The molecular formula is C13H13N3O5. The van der Waals surface area contributed by atoms with Crippen molar-refractivity contribution in [1.82, 2.24) is 5.32 Å². The number of carbonyl (C=O) groups excluding carboxylic acids is 1. The first-order valence-electron chi connectivity index (χ1n) is 6.19. The molecular weight excluding hydrogens is 278 g/mol. The molecule has 1 amide bonds. The van der Waals surface area contributed by atoms with E-state index in [0.29, 0.717) is 13.1 Å². The lowest BCUT2D eigenvalue weighted by Gasteiger charge is -2.14. The summed E-state index contributed by atoms with van der Waals surface area (Å²) in [7, 11) is 0. The Bertz CT molecular complexity index is 606. The van der Waals surface area contributed by atoms with Crippen LogP contribution in [-0.2, 0) is 4.79 Å². The average molecular weight is 291 g/mol. The Labute approximate surface area is 119 Å². The van der Waals surface area contributed by atoms with Gasteiger partial charge in [0.25, 0.3) is 5.91 Å². The van der Waals surface area contributed by atoms with Gasteiger partial charge in [-0.25, -0.2) is 9.59 Å². The van der Waals surface area contributed by atoms with Crippen LogP contribution in [0.5, 0.6) is 0 Å². The fraction of sp³-hybridized carbons (Fsp3) is 0.231. The molecule has 2 rings (SSSR count). The van der Waals surface area contributed by atoms with Crippen LogP contribution in [0.25, 0.3) is 0 Å². The van der Waals surface area contributed by atoms with Crippen molar-refractivity contribution >= 4 is 29.4 Å². The normalized spacial score (nSPS) is 13.8. The Kier molecular flexibility index (Phi) is 4.17. The van der Waals surface area contributed by atoms with Crippen LogP contribution in [0, 0.1) is 0 Å². The summed E-state index contributed by atoms with van der Waals surface area (Å²) in [5, 5.41) is 23.2. The summed E-state index contributed by atoms with van der Waals surface area (Å²) in [5.41, 5.74) is -0.347.